The molecule has 1 saturated heterocycles. The molecule has 6 nitrogen and oxygen atoms in total. The highest BCUT2D eigenvalue weighted by atomic mass is 16.5. The highest BCUT2D eigenvalue weighted by Crippen LogP contribution is 2.42. The Bertz CT molecular complexity index is 1130. The minimum absolute atomic E-state index is 0.0209. The minimum Gasteiger partial charge on any atom is -0.507 e. The van der Waals surface area contributed by atoms with Crippen LogP contribution in [0, 0.1) is 0 Å². The Kier molecular flexibility index (Phi) is 5.56. The predicted octanol–water partition coefficient (Wildman–Crippen LogP) is 3.81. The smallest absolute Gasteiger partial charge is 0.300 e. The van der Waals surface area contributed by atoms with Crippen LogP contribution in [0.4, 0.5) is 5.69 Å². The number of methoxy groups -OCH3 is 1. The molecule has 0 radical (unpaired) electrons. The van der Waals surface area contributed by atoms with Crippen molar-refractivity contribution in [3.05, 3.63) is 101 Å². The number of ketones is 1. The second-order valence-electron chi connectivity index (χ2n) is 7.13. The quantitative estimate of drug-likeness (QED) is 0.376. The van der Waals surface area contributed by atoms with Crippen LogP contribution in [-0.4, -0.2) is 29.0 Å². The zero-order valence-electron chi connectivity index (χ0n) is 16.9. The first-order valence-corrected chi connectivity index (χ1v) is 9.75. The Labute approximate surface area is 179 Å². The monoisotopic (exact) mass is 415 g/mol. The van der Waals surface area contributed by atoms with Crippen LogP contribution in [0.15, 0.2) is 84.4 Å². The molecule has 0 saturated carbocycles. The van der Waals surface area contributed by atoms with Crippen molar-refractivity contribution in [3.63, 3.8) is 0 Å². The average molecular weight is 415 g/mol. The van der Waals surface area contributed by atoms with E-state index in [0.717, 1.165) is 0 Å². The van der Waals surface area contributed by atoms with Gasteiger partial charge in [0.15, 0.2) is 0 Å². The fourth-order valence-electron chi connectivity index (χ4n) is 3.72. The lowest BCUT2D eigenvalue weighted by Gasteiger charge is -2.25. The van der Waals surface area contributed by atoms with E-state index in [9.17, 15) is 19.8 Å². The topological polar surface area (TPSA) is 87.1 Å². The van der Waals surface area contributed by atoms with Crippen molar-refractivity contribution < 1.29 is 24.5 Å². The Hall–Kier alpha value is -3.90. The third kappa shape index (κ3) is 3.69. The maximum atomic E-state index is 13.1. The van der Waals surface area contributed by atoms with E-state index in [1.807, 2.05) is 30.3 Å². The van der Waals surface area contributed by atoms with Crippen LogP contribution < -0.4 is 9.64 Å². The van der Waals surface area contributed by atoms with Crippen LogP contribution in [0.5, 0.6) is 5.75 Å². The van der Waals surface area contributed by atoms with E-state index in [4.69, 9.17) is 4.74 Å². The summed E-state index contributed by atoms with van der Waals surface area (Å²) in [5, 5.41) is 20.4. The molecule has 1 aliphatic rings. The number of rotatable bonds is 5. The molecule has 1 fully saturated rings. The van der Waals surface area contributed by atoms with Crippen molar-refractivity contribution in [2.45, 2.75) is 12.6 Å². The highest BCUT2D eigenvalue weighted by Gasteiger charge is 2.46. The van der Waals surface area contributed by atoms with Crippen molar-refractivity contribution in [2.75, 3.05) is 12.0 Å². The second kappa shape index (κ2) is 8.45. The van der Waals surface area contributed by atoms with Gasteiger partial charge in [-0.2, -0.15) is 0 Å². The van der Waals surface area contributed by atoms with Crippen LogP contribution in [0.3, 0.4) is 0 Å². The third-order valence-electron chi connectivity index (χ3n) is 5.32. The SMILES string of the molecule is COc1ccc(C(O)=C2C(=O)C(=O)N(c3ccc(CO)cc3)C2c2ccccc2)cc1. The van der Waals surface area contributed by atoms with Crippen LogP contribution in [0.2, 0.25) is 0 Å². The van der Waals surface area contributed by atoms with Gasteiger partial charge in [-0.15, -0.1) is 0 Å². The lowest BCUT2D eigenvalue weighted by Crippen LogP contribution is -2.29. The zero-order valence-corrected chi connectivity index (χ0v) is 16.9. The summed E-state index contributed by atoms with van der Waals surface area (Å²) >= 11 is 0. The molecule has 3 aromatic rings. The molecule has 1 atom stereocenters. The Morgan fingerprint density at radius 1 is 0.935 bits per heavy atom. The number of nitrogens with zero attached hydrogens (tertiary/aromatic N) is 1. The lowest BCUT2D eigenvalue weighted by atomic mass is 9.95. The molecule has 1 heterocycles. The molecule has 0 bridgehead atoms. The molecule has 3 aromatic carbocycles. The third-order valence-corrected chi connectivity index (χ3v) is 5.32. The normalized spacial score (nSPS) is 17.7. The molecule has 1 aliphatic heterocycles. The standard InChI is InChI=1S/C25H21NO5/c1-31-20-13-9-18(10-14-20)23(28)21-22(17-5-3-2-4-6-17)26(25(30)24(21)29)19-11-7-16(15-27)8-12-19/h2-14,22,27-28H,15H2,1H3. The van der Waals surface area contributed by atoms with Crippen molar-refractivity contribution in [3.8, 4) is 5.75 Å². The molecular formula is C25H21NO5. The van der Waals surface area contributed by atoms with Gasteiger partial charge in [0.05, 0.1) is 25.3 Å². The Balaban J connectivity index is 1.88. The minimum atomic E-state index is -0.789. The van der Waals surface area contributed by atoms with Gasteiger partial charge < -0.3 is 14.9 Å². The summed E-state index contributed by atoms with van der Waals surface area (Å²) in [6.45, 7) is -0.126. The fraction of sp³-hybridized carbons (Fsp3) is 0.120. The predicted molar refractivity (Wildman–Crippen MR) is 117 cm³/mol. The van der Waals surface area contributed by atoms with Gasteiger partial charge in [-0.3, -0.25) is 14.5 Å². The van der Waals surface area contributed by atoms with Gasteiger partial charge in [0.2, 0.25) is 0 Å². The molecule has 0 aromatic heterocycles. The van der Waals surface area contributed by atoms with E-state index in [0.29, 0.717) is 28.1 Å². The Morgan fingerprint density at radius 3 is 2.16 bits per heavy atom. The largest absolute Gasteiger partial charge is 0.507 e. The summed E-state index contributed by atoms with van der Waals surface area (Å²) in [6.07, 6.45) is 0. The number of amides is 1. The van der Waals surface area contributed by atoms with E-state index in [1.54, 1.807) is 48.5 Å². The van der Waals surface area contributed by atoms with E-state index >= 15 is 0 Å². The van der Waals surface area contributed by atoms with E-state index in [2.05, 4.69) is 0 Å². The van der Waals surface area contributed by atoms with Crippen molar-refractivity contribution in [2.24, 2.45) is 0 Å². The van der Waals surface area contributed by atoms with E-state index < -0.39 is 17.7 Å². The van der Waals surface area contributed by atoms with Crippen LogP contribution in [0.25, 0.3) is 5.76 Å². The number of hydrogen-bond donors (Lipinski definition) is 2. The molecule has 1 unspecified atom stereocenters. The lowest BCUT2D eigenvalue weighted by molar-refractivity contribution is -0.132. The van der Waals surface area contributed by atoms with Gasteiger partial charge in [0, 0.05) is 11.3 Å². The molecular weight excluding hydrogens is 394 g/mol. The molecule has 31 heavy (non-hydrogen) atoms. The number of ether oxygens (including phenoxy) is 1. The van der Waals surface area contributed by atoms with Gasteiger partial charge >= 0.3 is 0 Å². The summed E-state index contributed by atoms with van der Waals surface area (Å²) in [4.78, 5) is 27.5. The molecule has 6 heteroatoms. The van der Waals surface area contributed by atoms with Gasteiger partial charge in [-0.1, -0.05) is 42.5 Å². The molecule has 156 valence electrons. The molecule has 0 aliphatic carbocycles. The van der Waals surface area contributed by atoms with Crippen LogP contribution in [0.1, 0.15) is 22.7 Å². The molecule has 0 spiro atoms. The zero-order chi connectivity index (χ0) is 22.0. The number of carbonyl (C=O) groups is 2. The van der Waals surface area contributed by atoms with Gasteiger partial charge in [0.1, 0.15) is 11.5 Å². The first kappa shape index (κ1) is 20.4. The van der Waals surface area contributed by atoms with E-state index in [1.165, 1.54) is 12.0 Å². The summed E-state index contributed by atoms with van der Waals surface area (Å²) in [5.74, 6) is -1.11. The summed E-state index contributed by atoms with van der Waals surface area (Å²) < 4.78 is 5.15. The second-order valence-corrected chi connectivity index (χ2v) is 7.13. The van der Waals surface area contributed by atoms with Crippen molar-refractivity contribution in [1.82, 2.24) is 0 Å². The number of benzene rings is 3. The first-order chi connectivity index (χ1) is 15.0. The summed E-state index contributed by atoms with van der Waals surface area (Å²) in [5.41, 5.74) is 2.32. The molecule has 4 rings (SSSR count). The highest BCUT2D eigenvalue weighted by molar-refractivity contribution is 6.51. The summed E-state index contributed by atoms with van der Waals surface area (Å²) in [7, 11) is 1.54. The van der Waals surface area contributed by atoms with Crippen LogP contribution in [-0.2, 0) is 16.2 Å². The van der Waals surface area contributed by atoms with Gasteiger partial charge in [0.25, 0.3) is 11.7 Å². The van der Waals surface area contributed by atoms with Crippen molar-refractivity contribution >= 4 is 23.1 Å². The van der Waals surface area contributed by atoms with E-state index in [-0.39, 0.29) is 17.9 Å². The van der Waals surface area contributed by atoms with Crippen molar-refractivity contribution in [1.29, 1.82) is 0 Å². The number of aliphatic hydroxyl groups is 2. The Morgan fingerprint density at radius 2 is 1.58 bits per heavy atom. The number of hydrogen-bond acceptors (Lipinski definition) is 5. The number of Topliss-reactive ketones (excluding diaryl/α,β-unsaturated/α-hetero) is 1. The fourth-order valence-corrected chi connectivity index (χ4v) is 3.72. The molecule has 1 amide bonds. The average Bonchev–Trinajstić information content (AvgIpc) is 3.09. The number of anilines is 1. The maximum Gasteiger partial charge on any atom is 0.300 e. The first-order valence-electron chi connectivity index (χ1n) is 9.75. The maximum absolute atomic E-state index is 13.1. The van der Waals surface area contributed by atoms with Crippen LogP contribution >= 0.6 is 0 Å². The van der Waals surface area contributed by atoms with Gasteiger partial charge in [-0.05, 0) is 47.5 Å². The van der Waals surface area contributed by atoms with Gasteiger partial charge in [-0.25, -0.2) is 0 Å². The number of carbonyl (C=O) groups excluding carboxylic acids is 2. The molecule has 2 N–H and O–H groups in total. The summed E-state index contributed by atoms with van der Waals surface area (Å²) in [6, 6.07) is 21.7. The number of aliphatic hydroxyl groups excluding tert-OH is 2.